The third kappa shape index (κ3) is 3.38. The normalized spacial score (nSPS) is 11.6. The van der Waals surface area contributed by atoms with Crippen molar-refractivity contribution in [3.05, 3.63) is 34.9 Å². The number of nitrogens with zero attached hydrogens (tertiary/aromatic N) is 1. The Morgan fingerprint density at radius 2 is 1.88 bits per heavy atom. The summed E-state index contributed by atoms with van der Waals surface area (Å²) >= 11 is 0. The summed E-state index contributed by atoms with van der Waals surface area (Å²) in [5.74, 6) is 0.477. The van der Waals surface area contributed by atoms with E-state index in [0.29, 0.717) is 5.92 Å². The van der Waals surface area contributed by atoms with Gasteiger partial charge in [-0.1, -0.05) is 40.7 Å². The molecule has 0 aliphatic carbocycles. The summed E-state index contributed by atoms with van der Waals surface area (Å²) in [5.41, 5.74) is 3.74. The average molecular weight is 215 g/mol. The topological polar surface area (TPSA) is 23.8 Å². The van der Waals surface area contributed by atoms with Crippen LogP contribution in [0.1, 0.15) is 57.2 Å². The Balaban J connectivity index is 3.14. The fraction of sp³-hybridized carbons (Fsp3) is 0.533. The third-order valence-electron chi connectivity index (χ3n) is 2.62. The molecule has 0 unspecified atom stereocenters. The van der Waals surface area contributed by atoms with Crippen LogP contribution in [0.25, 0.3) is 0 Å². The standard InChI is InChI=1S/C15H21N/c1-11(2)14-8-12(10-16)6-7-13(14)9-15(3,4)5/h6-8,11H,9H2,1-5H3. The van der Waals surface area contributed by atoms with Gasteiger partial charge in [0, 0.05) is 0 Å². The Labute approximate surface area is 99.1 Å². The van der Waals surface area contributed by atoms with E-state index in [4.69, 9.17) is 5.26 Å². The van der Waals surface area contributed by atoms with Crippen molar-refractivity contribution in [2.45, 2.75) is 47.0 Å². The lowest BCUT2D eigenvalue weighted by molar-refractivity contribution is 0.409. The fourth-order valence-corrected chi connectivity index (χ4v) is 1.93. The van der Waals surface area contributed by atoms with E-state index >= 15 is 0 Å². The molecule has 0 N–H and O–H groups in total. The molecule has 16 heavy (non-hydrogen) atoms. The smallest absolute Gasteiger partial charge is 0.0991 e. The molecule has 0 atom stereocenters. The van der Waals surface area contributed by atoms with Crippen molar-refractivity contribution in [3.63, 3.8) is 0 Å². The Kier molecular flexibility index (Phi) is 3.75. The lowest BCUT2D eigenvalue weighted by Gasteiger charge is -2.22. The van der Waals surface area contributed by atoms with Gasteiger partial charge in [-0.05, 0) is 41.0 Å². The fourth-order valence-electron chi connectivity index (χ4n) is 1.93. The molecule has 1 aromatic rings. The molecule has 1 aromatic carbocycles. The molecule has 0 fully saturated rings. The molecule has 0 radical (unpaired) electrons. The van der Waals surface area contributed by atoms with Crippen LogP contribution in [0.5, 0.6) is 0 Å². The zero-order valence-electron chi connectivity index (χ0n) is 11.0. The highest BCUT2D eigenvalue weighted by Gasteiger charge is 2.15. The quantitative estimate of drug-likeness (QED) is 0.722. The van der Waals surface area contributed by atoms with Crippen molar-refractivity contribution in [2.75, 3.05) is 0 Å². The lowest BCUT2D eigenvalue weighted by Crippen LogP contribution is -2.11. The van der Waals surface area contributed by atoms with E-state index in [1.165, 1.54) is 11.1 Å². The van der Waals surface area contributed by atoms with Crippen LogP contribution in [0, 0.1) is 16.7 Å². The van der Waals surface area contributed by atoms with Crippen molar-refractivity contribution < 1.29 is 0 Å². The van der Waals surface area contributed by atoms with E-state index in [9.17, 15) is 0 Å². The Morgan fingerprint density at radius 3 is 2.31 bits per heavy atom. The van der Waals surface area contributed by atoms with Gasteiger partial charge in [0.15, 0.2) is 0 Å². The van der Waals surface area contributed by atoms with Crippen molar-refractivity contribution in [2.24, 2.45) is 5.41 Å². The van der Waals surface area contributed by atoms with Crippen molar-refractivity contribution in [1.29, 1.82) is 5.26 Å². The maximum absolute atomic E-state index is 8.92. The van der Waals surface area contributed by atoms with Crippen LogP contribution >= 0.6 is 0 Å². The zero-order chi connectivity index (χ0) is 12.3. The first-order valence-electron chi connectivity index (χ1n) is 5.86. The number of hydrogen-bond donors (Lipinski definition) is 0. The minimum Gasteiger partial charge on any atom is -0.192 e. The van der Waals surface area contributed by atoms with Gasteiger partial charge in [-0.2, -0.15) is 5.26 Å². The van der Waals surface area contributed by atoms with Crippen LogP contribution in [0.4, 0.5) is 0 Å². The van der Waals surface area contributed by atoms with E-state index in [-0.39, 0.29) is 5.41 Å². The van der Waals surface area contributed by atoms with Crippen LogP contribution in [0.3, 0.4) is 0 Å². The van der Waals surface area contributed by atoms with Gasteiger partial charge >= 0.3 is 0 Å². The first-order valence-corrected chi connectivity index (χ1v) is 5.86. The molecule has 0 aliphatic rings. The first-order chi connectivity index (χ1) is 7.33. The summed E-state index contributed by atoms with van der Waals surface area (Å²) in [5, 5.41) is 8.92. The van der Waals surface area contributed by atoms with Crippen molar-refractivity contribution in [3.8, 4) is 6.07 Å². The predicted molar refractivity (Wildman–Crippen MR) is 68.4 cm³/mol. The van der Waals surface area contributed by atoms with Gasteiger partial charge in [0.25, 0.3) is 0 Å². The van der Waals surface area contributed by atoms with E-state index < -0.39 is 0 Å². The number of nitriles is 1. The van der Waals surface area contributed by atoms with Gasteiger partial charge in [0.2, 0.25) is 0 Å². The van der Waals surface area contributed by atoms with E-state index in [0.717, 1.165) is 12.0 Å². The largest absolute Gasteiger partial charge is 0.192 e. The number of hydrogen-bond acceptors (Lipinski definition) is 1. The molecule has 1 heteroatoms. The van der Waals surface area contributed by atoms with Crippen LogP contribution < -0.4 is 0 Å². The molecule has 0 spiro atoms. The minimum absolute atomic E-state index is 0.289. The number of benzene rings is 1. The van der Waals surface area contributed by atoms with Gasteiger partial charge in [-0.25, -0.2) is 0 Å². The molecule has 0 aliphatic heterocycles. The monoisotopic (exact) mass is 215 g/mol. The summed E-state index contributed by atoms with van der Waals surface area (Å²) in [6, 6.07) is 8.28. The average Bonchev–Trinajstić information content (AvgIpc) is 2.15. The van der Waals surface area contributed by atoms with E-state index in [1.54, 1.807) is 0 Å². The highest BCUT2D eigenvalue weighted by atomic mass is 14.2. The number of rotatable bonds is 2. The molecule has 0 bridgehead atoms. The SMILES string of the molecule is CC(C)c1cc(C#N)ccc1CC(C)(C)C. The van der Waals surface area contributed by atoms with E-state index in [2.05, 4.69) is 46.8 Å². The summed E-state index contributed by atoms with van der Waals surface area (Å²) in [6.07, 6.45) is 1.06. The molecule has 0 saturated heterocycles. The maximum atomic E-state index is 8.92. The van der Waals surface area contributed by atoms with Crippen molar-refractivity contribution in [1.82, 2.24) is 0 Å². The Morgan fingerprint density at radius 1 is 1.25 bits per heavy atom. The minimum atomic E-state index is 0.289. The van der Waals surface area contributed by atoms with Gasteiger partial charge in [-0.15, -0.1) is 0 Å². The highest BCUT2D eigenvalue weighted by Crippen LogP contribution is 2.27. The second-order valence-corrected chi connectivity index (χ2v) is 5.92. The highest BCUT2D eigenvalue weighted by molar-refractivity contribution is 5.40. The van der Waals surface area contributed by atoms with E-state index in [1.807, 2.05) is 12.1 Å². The van der Waals surface area contributed by atoms with Gasteiger partial charge < -0.3 is 0 Å². The van der Waals surface area contributed by atoms with Crippen LogP contribution in [-0.4, -0.2) is 0 Å². The molecule has 0 saturated carbocycles. The molecule has 0 heterocycles. The van der Waals surface area contributed by atoms with Crippen molar-refractivity contribution >= 4 is 0 Å². The predicted octanol–water partition coefficient (Wildman–Crippen LogP) is 4.27. The second kappa shape index (κ2) is 4.70. The van der Waals surface area contributed by atoms with Gasteiger partial charge in [0.1, 0.15) is 0 Å². The molecular formula is C15H21N. The molecule has 0 aromatic heterocycles. The zero-order valence-corrected chi connectivity index (χ0v) is 11.0. The molecule has 0 amide bonds. The van der Waals surface area contributed by atoms with Crippen LogP contribution in [-0.2, 0) is 6.42 Å². The lowest BCUT2D eigenvalue weighted by atomic mass is 9.83. The summed E-state index contributed by atoms with van der Waals surface area (Å²) in [7, 11) is 0. The second-order valence-electron chi connectivity index (χ2n) is 5.92. The van der Waals surface area contributed by atoms with Gasteiger partial charge in [-0.3, -0.25) is 0 Å². The summed E-state index contributed by atoms with van der Waals surface area (Å²) in [4.78, 5) is 0. The molecule has 1 nitrogen and oxygen atoms in total. The molecule has 1 rings (SSSR count). The summed E-state index contributed by atoms with van der Waals surface area (Å²) in [6.45, 7) is 11.1. The first kappa shape index (κ1) is 12.8. The Bertz CT molecular complexity index is 402. The van der Waals surface area contributed by atoms with Crippen LogP contribution in [0.15, 0.2) is 18.2 Å². The molecule has 86 valence electrons. The van der Waals surface area contributed by atoms with Crippen LogP contribution in [0.2, 0.25) is 0 Å². The Hall–Kier alpha value is -1.29. The van der Waals surface area contributed by atoms with Gasteiger partial charge in [0.05, 0.1) is 11.6 Å². The molecular weight excluding hydrogens is 194 g/mol. The summed E-state index contributed by atoms with van der Waals surface area (Å²) < 4.78 is 0. The third-order valence-corrected chi connectivity index (χ3v) is 2.62. The maximum Gasteiger partial charge on any atom is 0.0991 e.